The summed E-state index contributed by atoms with van der Waals surface area (Å²) < 4.78 is 30.4. The largest absolute Gasteiger partial charge is 0.456 e. The van der Waals surface area contributed by atoms with Crippen molar-refractivity contribution in [2.75, 3.05) is 25.6 Å². The summed E-state index contributed by atoms with van der Waals surface area (Å²) in [5, 5.41) is 26.3. The van der Waals surface area contributed by atoms with Crippen molar-refractivity contribution >= 4 is 23.7 Å². The van der Waals surface area contributed by atoms with Crippen LogP contribution in [0.15, 0.2) is 41.5 Å². The molecule has 0 aromatic heterocycles. The maximum Gasteiger partial charge on any atom is 0.338 e. The number of esters is 2. The molecule has 2 N–H and O–H groups in total. The van der Waals surface area contributed by atoms with Crippen molar-refractivity contribution in [2.24, 2.45) is 39.4 Å². The number of rotatable bonds is 10. The molecule has 7 unspecified atom stereocenters. The molecule has 2 saturated carbocycles. The fourth-order valence-corrected chi connectivity index (χ4v) is 10.6. The van der Waals surface area contributed by atoms with Gasteiger partial charge < -0.3 is 33.9 Å². The molecule has 0 spiro atoms. The quantitative estimate of drug-likeness (QED) is 0.112. The maximum atomic E-state index is 14.2. The molecule has 1 saturated heterocycles. The minimum Gasteiger partial charge on any atom is -0.456 e. The Hall–Kier alpha value is -0.508. The van der Waals surface area contributed by atoms with E-state index in [1.165, 1.54) is 11.8 Å². The van der Waals surface area contributed by atoms with E-state index in [9.17, 15) is 19.8 Å². The van der Waals surface area contributed by atoms with E-state index >= 15 is 0 Å². The second-order valence-corrected chi connectivity index (χ2v) is 18.3. The van der Waals surface area contributed by atoms with Gasteiger partial charge in [-0.2, -0.15) is 0 Å². The zero-order valence-corrected chi connectivity index (χ0v) is 38.3. The van der Waals surface area contributed by atoms with Gasteiger partial charge in [0, 0.05) is 61.8 Å². The molecular weight excluding hydrogens is 883 g/mol. The Morgan fingerprint density at radius 3 is 2.18 bits per heavy atom. The van der Waals surface area contributed by atoms with Gasteiger partial charge in [0.15, 0.2) is 6.10 Å². The monoisotopic (exact) mass is 943 g/mol. The Morgan fingerprint density at radius 1 is 1.00 bits per heavy atom. The van der Waals surface area contributed by atoms with Crippen molar-refractivity contribution in [1.82, 2.24) is 0 Å². The van der Waals surface area contributed by atoms with Gasteiger partial charge in [0.1, 0.15) is 30.2 Å². The predicted molar refractivity (Wildman–Crippen MR) is 193 cm³/mol. The number of thioether (sulfide) groups is 1. The third kappa shape index (κ3) is 6.76. The Kier molecular flexibility index (Phi) is 12.9. The number of aliphatic hydroxyl groups is 2. The van der Waals surface area contributed by atoms with Gasteiger partial charge in [-0.05, 0) is 65.4 Å². The van der Waals surface area contributed by atoms with E-state index in [4.69, 9.17) is 23.7 Å². The van der Waals surface area contributed by atoms with Crippen LogP contribution in [0, 0.1) is 83.5 Å². The third-order valence-electron chi connectivity index (χ3n) is 14.0. The number of carbonyl (C=O) groups is 2. The first-order chi connectivity index (χ1) is 23.1. The summed E-state index contributed by atoms with van der Waals surface area (Å²) in [6.07, 6.45) is -0.918. The second kappa shape index (κ2) is 15.2. The predicted octanol–water partition coefficient (Wildman–Crippen LogP) is 6.80. The van der Waals surface area contributed by atoms with Crippen molar-refractivity contribution < 1.29 is 87.5 Å². The van der Waals surface area contributed by atoms with Crippen molar-refractivity contribution in [3.05, 3.63) is 47.0 Å². The summed E-state index contributed by atoms with van der Waals surface area (Å²) in [5.74, 6) is -1.77. The van der Waals surface area contributed by atoms with Crippen LogP contribution in [0.3, 0.4) is 0 Å². The summed E-state index contributed by atoms with van der Waals surface area (Å²) in [5.41, 5.74) is -3.52. The smallest absolute Gasteiger partial charge is 0.338 e. The van der Waals surface area contributed by atoms with Crippen LogP contribution in [0.5, 0.6) is 0 Å². The Bertz CT molecular complexity index is 1480. The molecule has 283 valence electrons. The first-order valence-corrected chi connectivity index (χ1v) is 19.4. The summed E-state index contributed by atoms with van der Waals surface area (Å²) in [7, 11) is 0. The number of hydrogen-bond donors (Lipinski definition) is 2. The molecule has 51 heavy (non-hydrogen) atoms. The van der Waals surface area contributed by atoms with Gasteiger partial charge in [-0.1, -0.05) is 93.0 Å². The standard InChI is InChI=1S/C40H60O9S.Ac/c1-23(2)30(47-21-45-22-50-12)34(42)48-27-18-40(44)32(49-33(41)26-16-14-13-15-17-26)31-38(11,35(5,6)19-28-39(31,43)20-46-28)36(7,8)25(4)29(24(27)3)37(40,9)10;/h13-17,23,25,27-28,30-32,43-44H,18-22H2,1-12H3;/t25-,27?,28?,30?,31?,32?,38+,39?,40?;/m1./s1. The van der Waals surface area contributed by atoms with Gasteiger partial charge in [-0.25, -0.2) is 9.59 Å². The zero-order valence-electron chi connectivity index (χ0n) is 32.7. The third-order valence-corrected chi connectivity index (χ3v) is 14.4. The van der Waals surface area contributed by atoms with E-state index in [0.717, 1.165) is 11.1 Å². The molecule has 1 heterocycles. The van der Waals surface area contributed by atoms with E-state index < -0.39 is 75.1 Å². The van der Waals surface area contributed by atoms with E-state index in [1.54, 1.807) is 24.3 Å². The van der Waals surface area contributed by atoms with Crippen LogP contribution < -0.4 is 0 Å². The molecule has 3 aliphatic carbocycles. The molecule has 1 aromatic rings. The van der Waals surface area contributed by atoms with Crippen LogP contribution in [0.4, 0.5) is 0 Å². The van der Waals surface area contributed by atoms with Crippen LogP contribution in [-0.4, -0.2) is 83.4 Å². The first-order valence-electron chi connectivity index (χ1n) is 18.1. The van der Waals surface area contributed by atoms with Crippen molar-refractivity contribution in [1.29, 1.82) is 0 Å². The normalized spacial score (nSPS) is 36.6. The minimum atomic E-state index is -1.77. The number of ether oxygens (including phenoxy) is 5. The average molecular weight is 944 g/mol. The number of carbonyl (C=O) groups excluding carboxylic acids is 2. The van der Waals surface area contributed by atoms with Crippen LogP contribution in [0.2, 0.25) is 0 Å². The van der Waals surface area contributed by atoms with Gasteiger partial charge in [-0.15, -0.1) is 11.8 Å². The van der Waals surface area contributed by atoms with Gasteiger partial charge >= 0.3 is 11.9 Å². The molecule has 9 nitrogen and oxygen atoms in total. The van der Waals surface area contributed by atoms with Crippen molar-refractivity contribution in [3.63, 3.8) is 0 Å². The fourth-order valence-electron chi connectivity index (χ4n) is 10.4. The molecule has 9 atom stereocenters. The fraction of sp³-hybridized carbons (Fsp3) is 0.750. The Morgan fingerprint density at radius 2 is 1.63 bits per heavy atom. The first kappa shape index (κ1) is 43.2. The molecule has 3 fully saturated rings. The van der Waals surface area contributed by atoms with Crippen LogP contribution in [-0.2, 0) is 28.5 Å². The number of fused-ring (bicyclic) bond motifs is 5. The zero-order chi connectivity index (χ0) is 37.2. The van der Waals surface area contributed by atoms with E-state index in [-0.39, 0.29) is 75.7 Å². The van der Waals surface area contributed by atoms with E-state index in [0.29, 0.717) is 17.9 Å². The van der Waals surface area contributed by atoms with E-state index in [2.05, 4.69) is 41.5 Å². The molecule has 2 bridgehead atoms. The molecular formula is C40H60AcO9S. The Labute approximate surface area is 345 Å². The molecule has 5 rings (SSSR count). The van der Waals surface area contributed by atoms with E-state index in [1.807, 2.05) is 46.9 Å². The summed E-state index contributed by atoms with van der Waals surface area (Å²) in [4.78, 5) is 28.1. The summed E-state index contributed by atoms with van der Waals surface area (Å²) in [6, 6.07) is 8.76. The molecule has 1 aromatic carbocycles. The van der Waals surface area contributed by atoms with Crippen LogP contribution >= 0.6 is 11.8 Å². The van der Waals surface area contributed by atoms with Crippen molar-refractivity contribution in [3.8, 4) is 0 Å². The minimum absolute atomic E-state index is 0. The molecule has 11 heteroatoms. The van der Waals surface area contributed by atoms with Crippen molar-refractivity contribution in [2.45, 2.75) is 125 Å². The van der Waals surface area contributed by atoms with Gasteiger partial charge in [0.05, 0.1) is 24.2 Å². The molecule has 4 aliphatic rings. The molecule has 1 aliphatic heterocycles. The van der Waals surface area contributed by atoms with Gasteiger partial charge in [0.25, 0.3) is 0 Å². The summed E-state index contributed by atoms with van der Waals surface area (Å²) in [6.45, 7) is 23.1. The maximum absolute atomic E-state index is 14.2. The second-order valence-electron chi connectivity index (χ2n) is 17.5. The number of hydrogen-bond acceptors (Lipinski definition) is 10. The van der Waals surface area contributed by atoms with Gasteiger partial charge in [0.2, 0.25) is 0 Å². The Balaban J connectivity index is 0.00000583. The SMILES string of the molecule is CSCOCOC(C(=O)OC1CC2(O)C(OC(=O)c3ccccc3)C3C4(O)COC4CC(C)(C)[C@@]3(C)C(C)(C)[C@H](C)C(=C1C)C2(C)C)C(C)C.[Ac]. The van der Waals surface area contributed by atoms with Gasteiger partial charge in [-0.3, -0.25) is 0 Å². The topological polar surface area (TPSA) is 121 Å². The average Bonchev–Trinajstić information content (AvgIpc) is 3.04. The molecule has 1 radical (unpaired) electrons. The summed E-state index contributed by atoms with van der Waals surface area (Å²) >= 11 is 1.51. The number of benzene rings is 1. The van der Waals surface area contributed by atoms with Crippen LogP contribution in [0.25, 0.3) is 0 Å². The van der Waals surface area contributed by atoms with Crippen LogP contribution in [0.1, 0.15) is 99.4 Å². The molecule has 0 amide bonds.